The number of aromatic hydroxyl groups is 1. The molecule has 0 radical (unpaired) electrons. The number of carbonyl (C=O) groups is 1. The molecule has 5 heteroatoms. The van der Waals surface area contributed by atoms with Gasteiger partial charge in [-0.1, -0.05) is 6.07 Å². The standard InChI is InChI=1S/C14H15N3O2/c1-10-11(3-2-4-12(10)18)14(19)17-8-7-16-6-5-15-13(16)9-17/h2-6,18H,7-9H2,1H3. The summed E-state index contributed by atoms with van der Waals surface area (Å²) < 4.78 is 2.05. The normalized spacial score (nSPS) is 14.3. The van der Waals surface area contributed by atoms with E-state index in [0.29, 0.717) is 24.2 Å². The van der Waals surface area contributed by atoms with E-state index in [2.05, 4.69) is 9.55 Å². The number of rotatable bonds is 1. The van der Waals surface area contributed by atoms with Crippen molar-refractivity contribution in [2.75, 3.05) is 6.54 Å². The number of phenols is 1. The first-order valence-electron chi connectivity index (χ1n) is 6.24. The van der Waals surface area contributed by atoms with E-state index in [9.17, 15) is 9.90 Å². The zero-order valence-electron chi connectivity index (χ0n) is 10.7. The van der Waals surface area contributed by atoms with E-state index in [0.717, 1.165) is 12.4 Å². The van der Waals surface area contributed by atoms with Crippen molar-refractivity contribution >= 4 is 5.91 Å². The van der Waals surface area contributed by atoms with Crippen LogP contribution in [0.5, 0.6) is 5.75 Å². The van der Waals surface area contributed by atoms with Crippen LogP contribution in [0.3, 0.4) is 0 Å². The van der Waals surface area contributed by atoms with Crippen molar-refractivity contribution in [3.8, 4) is 5.75 Å². The topological polar surface area (TPSA) is 58.4 Å². The van der Waals surface area contributed by atoms with Crippen molar-refractivity contribution in [2.45, 2.75) is 20.0 Å². The molecule has 0 saturated heterocycles. The van der Waals surface area contributed by atoms with Gasteiger partial charge in [-0.15, -0.1) is 0 Å². The SMILES string of the molecule is Cc1c(O)cccc1C(=O)N1CCn2ccnc2C1. The number of hydrogen-bond donors (Lipinski definition) is 1. The third-order valence-electron chi connectivity index (χ3n) is 3.57. The van der Waals surface area contributed by atoms with Gasteiger partial charge in [-0.05, 0) is 19.1 Å². The molecule has 0 aliphatic carbocycles. The third-order valence-corrected chi connectivity index (χ3v) is 3.57. The Labute approximate surface area is 111 Å². The van der Waals surface area contributed by atoms with Crippen molar-refractivity contribution in [3.05, 3.63) is 47.5 Å². The minimum absolute atomic E-state index is 0.0531. The Balaban J connectivity index is 1.88. The molecule has 2 aromatic rings. The molecule has 0 fully saturated rings. The maximum absolute atomic E-state index is 12.5. The molecule has 0 saturated carbocycles. The first-order valence-corrected chi connectivity index (χ1v) is 6.24. The summed E-state index contributed by atoms with van der Waals surface area (Å²) in [6, 6.07) is 5.04. The zero-order valence-corrected chi connectivity index (χ0v) is 10.7. The minimum atomic E-state index is -0.0531. The molecular weight excluding hydrogens is 242 g/mol. The molecule has 2 heterocycles. The van der Waals surface area contributed by atoms with Crippen molar-refractivity contribution in [2.24, 2.45) is 0 Å². The molecule has 0 spiro atoms. The highest BCUT2D eigenvalue weighted by molar-refractivity contribution is 5.96. The molecule has 0 atom stereocenters. The average molecular weight is 257 g/mol. The summed E-state index contributed by atoms with van der Waals surface area (Å²) in [5, 5.41) is 9.68. The largest absolute Gasteiger partial charge is 0.508 e. The molecule has 0 unspecified atom stereocenters. The average Bonchev–Trinajstić information content (AvgIpc) is 2.88. The van der Waals surface area contributed by atoms with Crippen LogP contribution < -0.4 is 0 Å². The molecule has 3 rings (SSSR count). The lowest BCUT2D eigenvalue weighted by atomic mass is 10.1. The molecule has 5 nitrogen and oxygen atoms in total. The van der Waals surface area contributed by atoms with Crippen LogP contribution in [0, 0.1) is 6.92 Å². The predicted molar refractivity (Wildman–Crippen MR) is 69.8 cm³/mol. The number of imidazole rings is 1. The van der Waals surface area contributed by atoms with Gasteiger partial charge in [0.15, 0.2) is 0 Å². The Morgan fingerprint density at radius 3 is 3.05 bits per heavy atom. The van der Waals surface area contributed by atoms with Gasteiger partial charge in [0.2, 0.25) is 0 Å². The van der Waals surface area contributed by atoms with Crippen molar-refractivity contribution in [1.29, 1.82) is 0 Å². The van der Waals surface area contributed by atoms with E-state index < -0.39 is 0 Å². The second kappa shape index (κ2) is 4.42. The molecule has 0 bridgehead atoms. The first-order chi connectivity index (χ1) is 9.16. The van der Waals surface area contributed by atoms with Gasteiger partial charge in [0, 0.05) is 36.6 Å². The lowest BCUT2D eigenvalue weighted by molar-refractivity contribution is 0.0706. The number of benzene rings is 1. The molecule has 1 aliphatic heterocycles. The van der Waals surface area contributed by atoms with Crippen LogP contribution in [-0.4, -0.2) is 32.0 Å². The zero-order chi connectivity index (χ0) is 13.4. The minimum Gasteiger partial charge on any atom is -0.508 e. The number of hydrogen-bond acceptors (Lipinski definition) is 3. The second-order valence-electron chi connectivity index (χ2n) is 4.71. The van der Waals surface area contributed by atoms with Crippen molar-refractivity contribution in [3.63, 3.8) is 0 Å². The smallest absolute Gasteiger partial charge is 0.254 e. The summed E-state index contributed by atoms with van der Waals surface area (Å²) in [4.78, 5) is 18.5. The predicted octanol–water partition coefficient (Wildman–Crippen LogP) is 1.55. The van der Waals surface area contributed by atoms with Gasteiger partial charge in [-0.2, -0.15) is 0 Å². The van der Waals surface area contributed by atoms with Gasteiger partial charge in [0.25, 0.3) is 5.91 Å². The fourth-order valence-electron chi connectivity index (χ4n) is 2.37. The van der Waals surface area contributed by atoms with Gasteiger partial charge in [-0.3, -0.25) is 4.79 Å². The Hall–Kier alpha value is -2.30. The number of nitrogens with zero attached hydrogens (tertiary/aromatic N) is 3. The van der Waals surface area contributed by atoms with Crippen LogP contribution in [0.2, 0.25) is 0 Å². The van der Waals surface area contributed by atoms with Crippen LogP contribution in [0.4, 0.5) is 0 Å². The summed E-state index contributed by atoms with van der Waals surface area (Å²) >= 11 is 0. The summed E-state index contributed by atoms with van der Waals surface area (Å²) in [5.74, 6) is 1.00. The number of phenolic OH excluding ortho intramolecular Hbond substituents is 1. The molecule has 1 N–H and O–H groups in total. The summed E-state index contributed by atoms with van der Waals surface area (Å²) in [6.45, 7) is 3.70. The van der Waals surface area contributed by atoms with E-state index in [4.69, 9.17) is 0 Å². The monoisotopic (exact) mass is 257 g/mol. The lowest BCUT2D eigenvalue weighted by Gasteiger charge is -2.28. The number of aromatic nitrogens is 2. The molecule has 1 aliphatic rings. The van der Waals surface area contributed by atoms with Gasteiger partial charge in [0.05, 0.1) is 6.54 Å². The quantitative estimate of drug-likeness (QED) is 0.843. The van der Waals surface area contributed by atoms with E-state index in [-0.39, 0.29) is 11.7 Å². The van der Waals surface area contributed by atoms with Gasteiger partial charge >= 0.3 is 0 Å². The Bertz CT molecular complexity index is 633. The molecule has 1 aromatic carbocycles. The van der Waals surface area contributed by atoms with Crippen molar-refractivity contribution < 1.29 is 9.90 Å². The van der Waals surface area contributed by atoms with Gasteiger partial charge < -0.3 is 14.6 Å². The fourth-order valence-corrected chi connectivity index (χ4v) is 2.37. The van der Waals surface area contributed by atoms with Gasteiger partial charge in [-0.25, -0.2) is 4.98 Å². The summed E-state index contributed by atoms with van der Waals surface area (Å²) in [6.07, 6.45) is 3.68. The van der Waals surface area contributed by atoms with Crippen LogP contribution in [-0.2, 0) is 13.1 Å². The maximum atomic E-state index is 12.5. The number of fused-ring (bicyclic) bond motifs is 1. The maximum Gasteiger partial charge on any atom is 0.254 e. The van der Waals surface area contributed by atoms with Crippen LogP contribution in [0.25, 0.3) is 0 Å². The Morgan fingerprint density at radius 1 is 1.37 bits per heavy atom. The highest BCUT2D eigenvalue weighted by Gasteiger charge is 2.23. The molecule has 98 valence electrons. The Kier molecular flexibility index (Phi) is 2.74. The summed E-state index contributed by atoms with van der Waals surface area (Å²) in [5.41, 5.74) is 1.18. The molecular formula is C14H15N3O2. The number of carbonyl (C=O) groups excluding carboxylic acids is 1. The van der Waals surface area contributed by atoms with Gasteiger partial charge in [0.1, 0.15) is 11.6 Å². The van der Waals surface area contributed by atoms with Crippen molar-refractivity contribution in [1.82, 2.24) is 14.5 Å². The number of amides is 1. The summed E-state index contributed by atoms with van der Waals surface area (Å²) in [7, 11) is 0. The lowest BCUT2D eigenvalue weighted by Crippen LogP contribution is -2.38. The Morgan fingerprint density at radius 2 is 2.21 bits per heavy atom. The molecule has 1 aromatic heterocycles. The first kappa shape index (κ1) is 11.8. The van der Waals surface area contributed by atoms with Crippen LogP contribution in [0.15, 0.2) is 30.6 Å². The highest BCUT2D eigenvalue weighted by Crippen LogP contribution is 2.22. The van der Waals surface area contributed by atoms with E-state index in [1.807, 2.05) is 6.20 Å². The molecule has 19 heavy (non-hydrogen) atoms. The highest BCUT2D eigenvalue weighted by atomic mass is 16.3. The van der Waals surface area contributed by atoms with E-state index in [1.54, 1.807) is 36.2 Å². The van der Waals surface area contributed by atoms with Crippen LogP contribution >= 0.6 is 0 Å². The second-order valence-corrected chi connectivity index (χ2v) is 4.71. The van der Waals surface area contributed by atoms with E-state index in [1.165, 1.54) is 0 Å². The van der Waals surface area contributed by atoms with E-state index >= 15 is 0 Å². The molecule has 1 amide bonds. The fraction of sp³-hybridized carbons (Fsp3) is 0.286. The third kappa shape index (κ3) is 1.97. The van der Waals surface area contributed by atoms with Crippen LogP contribution in [0.1, 0.15) is 21.7 Å².